The van der Waals surface area contributed by atoms with Crippen molar-refractivity contribution in [3.63, 3.8) is 0 Å². The zero-order chi connectivity index (χ0) is 28.2. The maximum Gasteiger partial charge on any atom is 0.237 e. The van der Waals surface area contributed by atoms with Crippen LogP contribution in [0.1, 0.15) is 77.7 Å². The van der Waals surface area contributed by atoms with Gasteiger partial charge in [0.25, 0.3) is 0 Å². The maximum atomic E-state index is 14.1. The quantitative estimate of drug-likeness (QED) is 0.379. The van der Waals surface area contributed by atoms with Gasteiger partial charge in [-0.15, -0.1) is 0 Å². The van der Waals surface area contributed by atoms with Crippen LogP contribution >= 0.6 is 0 Å². The summed E-state index contributed by atoms with van der Waals surface area (Å²) in [4.78, 5) is 30.9. The normalized spacial score (nSPS) is 25.3. The molecule has 0 saturated heterocycles. The molecule has 2 aromatic rings. The maximum absolute atomic E-state index is 14.1. The van der Waals surface area contributed by atoms with E-state index >= 15 is 0 Å². The van der Waals surface area contributed by atoms with E-state index in [0.29, 0.717) is 30.1 Å². The van der Waals surface area contributed by atoms with E-state index in [0.717, 1.165) is 51.0 Å². The number of nitrogens with one attached hydrogen (secondary N) is 2. The van der Waals surface area contributed by atoms with E-state index in [1.165, 1.54) is 6.07 Å². The Hall–Kier alpha value is -2.87. The van der Waals surface area contributed by atoms with Crippen molar-refractivity contribution in [1.29, 1.82) is 0 Å². The summed E-state index contributed by atoms with van der Waals surface area (Å²) >= 11 is 0. The first kappa shape index (κ1) is 29.1. The second-order valence-electron chi connectivity index (χ2n) is 12.5. The fraction of sp³-hybridized carbons (Fsp3) is 0.581. The number of carbonyl (C=O) groups excluding carboxylic acids is 2. The Morgan fingerprint density at radius 3 is 2.41 bits per heavy atom. The number of halogens is 2. The van der Waals surface area contributed by atoms with Crippen molar-refractivity contribution in [3.05, 3.63) is 59.9 Å². The number of nitrogens with zero attached hydrogens (tertiary/aromatic N) is 1. The minimum absolute atomic E-state index is 0.0667. The van der Waals surface area contributed by atoms with E-state index < -0.39 is 28.5 Å². The van der Waals surface area contributed by atoms with Gasteiger partial charge in [-0.25, -0.2) is 8.78 Å². The second-order valence-corrected chi connectivity index (χ2v) is 12.5. The molecule has 1 aromatic heterocycles. The third-order valence-corrected chi connectivity index (χ3v) is 8.88. The minimum atomic E-state index is -0.873. The van der Waals surface area contributed by atoms with E-state index in [2.05, 4.69) is 29.5 Å². The molecule has 1 heterocycles. The van der Waals surface area contributed by atoms with Crippen LogP contribution < -0.4 is 16.4 Å². The van der Waals surface area contributed by atoms with E-state index in [-0.39, 0.29) is 23.7 Å². The van der Waals surface area contributed by atoms with Crippen LogP contribution in [0.5, 0.6) is 0 Å². The van der Waals surface area contributed by atoms with Gasteiger partial charge in [0.1, 0.15) is 0 Å². The fourth-order valence-electron chi connectivity index (χ4n) is 6.95. The third kappa shape index (κ3) is 6.83. The monoisotopic (exact) mass is 540 g/mol. The number of benzene rings is 1. The molecule has 8 heteroatoms. The lowest BCUT2D eigenvalue weighted by Crippen LogP contribution is -2.53. The van der Waals surface area contributed by atoms with Crippen LogP contribution in [0.3, 0.4) is 0 Å². The van der Waals surface area contributed by atoms with Crippen LogP contribution in [0.2, 0.25) is 0 Å². The standard InChI is InChI=1S/C31H42F2N4O2/c1-20(2)14-21-15-22(18-30(3,17-21)29(39)37-24-8-12-35-13-9-24)27(34)28(38)36-19-31(10-4-5-11-31)23-6-7-25(32)26(33)16-23/h6-9,12-13,16,20-22,27H,4-5,10-11,14-15,17-19,34H2,1-3H3,(H,36,38)(H,35,37,39). The average Bonchev–Trinajstić information content (AvgIpc) is 3.38. The van der Waals surface area contributed by atoms with E-state index in [9.17, 15) is 18.4 Å². The summed E-state index contributed by atoms with van der Waals surface area (Å²) in [7, 11) is 0. The predicted octanol–water partition coefficient (Wildman–Crippen LogP) is 5.72. The molecule has 212 valence electrons. The van der Waals surface area contributed by atoms with Crippen molar-refractivity contribution < 1.29 is 18.4 Å². The highest BCUT2D eigenvalue weighted by molar-refractivity contribution is 5.95. The average molecular weight is 541 g/mol. The van der Waals surface area contributed by atoms with E-state index in [4.69, 9.17) is 5.73 Å². The molecule has 4 rings (SSSR count). The molecule has 0 radical (unpaired) electrons. The number of pyridine rings is 1. The second kappa shape index (κ2) is 12.1. The molecule has 4 atom stereocenters. The van der Waals surface area contributed by atoms with Gasteiger partial charge in [0.2, 0.25) is 11.8 Å². The van der Waals surface area contributed by atoms with Gasteiger partial charge in [-0.2, -0.15) is 0 Å². The summed E-state index contributed by atoms with van der Waals surface area (Å²) in [5.41, 5.74) is 6.91. The lowest BCUT2D eigenvalue weighted by Gasteiger charge is -2.43. The highest BCUT2D eigenvalue weighted by Crippen LogP contribution is 2.46. The molecule has 2 saturated carbocycles. The zero-order valence-corrected chi connectivity index (χ0v) is 23.3. The van der Waals surface area contributed by atoms with Crippen LogP contribution in [0, 0.1) is 34.8 Å². The summed E-state index contributed by atoms with van der Waals surface area (Å²) in [5.74, 6) is -1.48. The van der Waals surface area contributed by atoms with E-state index in [1.54, 1.807) is 30.6 Å². The van der Waals surface area contributed by atoms with Gasteiger partial charge in [-0.05, 0) is 86.1 Å². The lowest BCUT2D eigenvalue weighted by molar-refractivity contribution is -0.131. The first-order valence-electron chi connectivity index (χ1n) is 14.2. The summed E-state index contributed by atoms with van der Waals surface area (Å²) < 4.78 is 27.7. The van der Waals surface area contributed by atoms with Gasteiger partial charge in [0.05, 0.1) is 6.04 Å². The highest BCUT2D eigenvalue weighted by Gasteiger charge is 2.46. The Labute approximate surface area is 230 Å². The largest absolute Gasteiger partial charge is 0.354 e. The Kier molecular flexibility index (Phi) is 9.04. The van der Waals surface area contributed by atoms with Crippen molar-refractivity contribution >= 4 is 17.5 Å². The lowest BCUT2D eigenvalue weighted by atomic mass is 9.62. The Morgan fingerprint density at radius 2 is 1.77 bits per heavy atom. The molecule has 2 fully saturated rings. The Balaban J connectivity index is 1.47. The number of carbonyl (C=O) groups is 2. The Bertz CT molecular complexity index is 1150. The number of nitrogens with two attached hydrogens (primary N) is 1. The molecule has 39 heavy (non-hydrogen) atoms. The number of aromatic nitrogens is 1. The molecule has 4 unspecified atom stereocenters. The van der Waals surface area contributed by atoms with E-state index in [1.807, 2.05) is 6.92 Å². The number of anilines is 1. The molecule has 4 N–H and O–H groups in total. The summed E-state index contributed by atoms with van der Waals surface area (Å²) in [6.45, 7) is 6.64. The van der Waals surface area contributed by atoms with Crippen LogP contribution in [-0.2, 0) is 15.0 Å². The molecule has 2 amide bonds. The Morgan fingerprint density at radius 1 is 1.08 bits per heavy atom. The van der Waals surface area contributed by atoms with Gasteiger partial charge < -0.3 is 16.4 Å². The van der Waals surface area contributed by atoms with Gasteiger partial charge >= 0.3 is 0 Å². The molecular formula is C31H42F2N4O2. The number of rotatable bonds is 9. The van der Waals surface area contributed by atoms with Crippen molar-refractivity contribution in [1.82, 2.24) is 10.3 Å². The SMILES string of the molecule is CC(C)CC1CC(C(N)C(=O)NCC2(c3ccc(F)c(F)c3)CCCC2)CC(C)(C(=O)Nc2ccncc2)C1. The van der Waals surface area contributed by atoms with Crippen molar-refractivity contribution in [2.45, 2.75) is 83.6 Å². The molecule has 1 aromatic carbocycles. The topological polar surface area (TPSA) is 97.1 Å². The summed E-state index contributed by atoms with van der Waals surface area (Å²) in [6, 6.07) is 6.80. The molecular weight excluding hydrogens is 498 g/mol. The van der Waals surface area contributed by atoms with Gasteiger partial charge in [-0.1, -0.05) is 39.7 Å². The van der Waals surface area contributed by atoms with Crippen LogP contribution in [-0.4, -0.2) is 29.4 Å². The number of amides is 2. The van der Waals surface area contributed by atoms with Gasteiger partial charge in [0.15, 0.2) is 11.6 Å². The minimum Gasteiger partial charge on any atom is -0.354 e. The highest BCUT2D eigenvalue weighted by atomic mass is 19.2. The smallest absolute Gasteiger partial charge is 0.237 e. The summed E-state index contributed by atoms with van der Waals surface area (Å²) in [5, 5.41) is 6.09. The van der Waals surface area contributed by atoms with Crippen LogP contribution in [0.25, 0.3) is 0 Å². The molecule has 2 aliphatic carbocycles. The molecule has 0 bridgehead atoms. The van der Waals surface area contributed by atoms with Gasteiger partial charge in [-0.3, -0.25) is 14.6 Å². The predicted molar refractivity (Wildman–Crippen MR) is 149 cm³/mol. The number of hydrogen-bond acceptors (Lipinski definition) is 4. The van der Waals surface area contributed by atoms with Crippen LogP contribution in [0.4, 0.5) is 14.5 Å². The molecule has 0 spiro atoms. The van der Waals surface area contributed by atoms with Crippen molar-refractivity contribution in [2.75, 3.05) is 11.9 Å². The van der Waals surface area contributed by atoms with Crippen LogP contribution in [0.15, 0.2) is 42.7 Å². The first-order chi connectivity index (χ1) is 18.5. The molecule has 2 aliphatic rings. The summed E-state index contributed by atoms with van der Waals surface area (Å²) in [6.07, 6.45) is 9.80. The van der Waals surface area contributed by atoms with Crippen molar-refractivity contribution in [3.8, 4) is 0 Å². The third-order valence-electron chi connectivity index (χ3n) is 8.88. The molecule has 0 aliphatic heterocycles. The number of hydrogen-bond donors (Lipinski definition) is 3. The van der Waals surface area contributed by atoms with Gasteiger partial charge in [0, 0.05) is 35.5 Å². The first-order valence-corrected chi connectivity index (χ1v) is 14.2. The zero-order valence-electron chi connectivity index (χ0n) is 23.3. The fourth-order valence-corrected chi connectivity index (χ4v) is 6.95. The molecule has 6 nitrogen and oxygen atoms in total. The van der Waals surface area contributed by atoms with Crippen molar-refractivity contribution in [2.24, 2.45) is 28.9 Å².